The van der Waals surface area contributed by atoms with E-state index in [2.05, 4.69) is 35.6 Å². The number of carbonyl (C=O) groups excluding carboxylic acids is 1. The average molecular weight is 314 g/mol. The zero-order valence-corrected chi connectivity index (χ0v) is 14.0. The number of amides is 1. The van der Waals surface area contributed by atoms with E-state index in [9.17, 15) is 4.79 Å². The summed E-state index contributed by atoms with van der Waals surface area (Å²) in [5, 5.41) is 3.16. The largest absolute Gasteiger partial charge is 0.356 e. The molecule has 0 bridgehead atoms. The van der Waals surface area contributed by atoms with Gasteiger partial charge < -0.3 is 11.1 Å². The lowest BCUT2D eigenvalue weighted by atomic mass is 9.78. The average Bonchev–Trinajstić information content (AvgIpc) is 2.99. The highest BCUT2D eigenvalue weighted by atomic mass is 16.1. The minimum absolute atomic E-state index is 0.206. The summed E-state index contributed by atoms with van der Waals surface area (Å²) in [7, 11) is 0. The molecule has 2 saturated carbocycles. The lowest BCUT2D eigenvalue weighted by molar-refractivity contribution is -0.122. The summed E-state index contributed by atoms with van der Waals surface area (Å²) >= 11 is 0. The van der Waals surface area contributed by atoms with Crippen LogP contribution >= 0.6 is 0 Å². The van der Waals surface area contributed by atoms with E-state index in [0.29, 0.717) is 24.2 Å². The molecule has 3 rings (SSSR count). The summed E-state index contributed by atoms with van der Waals surface area (Å²) in [5.41, 5.74) is 7.53. The van der Waals surface area contributed by atoms with Crippen LogP contribution in [0.25, 0.3) is 0 Å². The molecule has 3 heteroatoms. The van der Waals surface area contributed by atoms with Gasteiger partial charge in [0.25, 0.3) is 0 Å². The molecule has 0 aliphatic heterocycles. The van der Waals surface area contributed by atoms with E-state index in [0.717, 1.165) is 19.4 Å². The fourth-order valence-corrected chi connectivity index (χ4v) is 4.31. The normalized spacial score (nSPS) is 31.0. The number of nitrogens with two attached hydrogens (primary N) is 1. The van der Waals surface area contributed by atoms with Gasteiger partial charge in [-0.3, -0.25) is 4.79 Å². The number of hydrogen-bond acceptors (Lipinski definition) is 2. The number of carbonyl (C=O) groups is 1. The zero-order chi connectivity index (χ0) is 16.1. The van der Waals surface area contributed by atoms with Crippen molar-refractivity contribution in [1.29, 1.82) is 0 Å². The maximum atomic E-state index is 12.1. The van der Waals surface area contributed by atoms with Gasteiger partial charge in [-0.1, -0.05) is 36.8 Å². The van der Waals surface area contributed by atoms with Gasteiger partial charge in [-0.25, -0.2) is 0 Å². The quantitative estimate of drug-likeness (QED) is 0.872. The minimum Gasteiger partial charge on any atom is -0.356 e. The standard InChI is InChI=1S/C20H30N2O/c21-19-8-4-7-18(19)13-20(23)22-14-15-9-11-17(12-10-15)16-5-2-1-3-6-16/h1-3,5-6,15,17-19H,4,7-14,21H2,(H,22,23)/t15?,17?,18-,19+/m0/s1. The first-order valence-corrected chi connectivity index (χ1v) is 9.29. The van der Waals surface area contributed by atoms with Crippen LogP contribution in [0, 0.1) is 11.8 Å². The molecule has 2 atom stereocenters. The molecule has 126 valence electrons. The molecule has 1 aromatic carbocycles. The molecule has 2 fully saturated rings. The summed E-state index contributed by atoms with van der Waals surface area (Å²) in [6.07, 6.45) is 8.96. The van der Waals surface area contributed by atoms with Gasteiger partial charge in [-0.05, 0) is 61.8 Å². The second-order valence-electron chi connectivity index (χ2n) is 7.49. The molecular weight excluding hydrogens is 284 g/mol. The van der Waals surface area contributed by atoms with Gasteiger partial charge in [-0.2, -0.15) is 0 Å². The maximum Gasteiger partial charge on any atom is 0.220 e. The van der Waals surface area contributed by atoms with Gasteiger partial charge in [0.1, 0.15) is 0 Å². The van der Waals surface area contributed by atoms with Crippen molar-refractivity contribution in [2.75, 3.05) is 6.54 Å². The summed E-state index contributed by atoms with van der Waals surface area (Å²) in [6, 6.07) is 11.1. The summed E-state index contributed by atoms with van der Waals surface area (Å²) in [4.78, 5) is 12.1. The smallest absolute Gasteiger partial charge is 0.220 e. The van der Waals surface area contributed by atoms with Crippen LogP contribution < -0.4 is 11.1 Å². The first-order chi connectivity index (χ1) is 11.2. The van der Waals surface area contributed by atoms with Gasteiger partial charge in [0.2, 0.25) is 5.91 Å². The Morgan fingerprint density at radius 3 is 2.43 bits per heavy atom. The number of nitrogens with one attached hydrogen (secondary N) is 1. The van der Waals surface area contributed by atoms with Crippen LogP contribution in [0.2, 0.25) is 0 Å². The van der Waals surface area contributed by atoms with Crippen molar-refractivity contribution in [3.63, 3.8) is 0 Å². The third-order valence-electron chi connectivity index (χ3n) is 5.87. The lowest BCUT2D eigenvalue weighted by Crippen LogP contribution is -2.34. The fraction of sp³-hybridized carbons (Fsp3) is 0.650. The highest BCUT2D eigenvalue weighted by Gasteiger charge is 2.27. The van der Waals surface area contributed by atoms with Crippen molar-refractivity contribution in [3.8, 4) is 0 Å². The molecule has 0 saturated heterocycles. The predicted octanol–water partition coefficient (Wildman–Crippen LogP) is 3.59. The van der Waals surface area contributed by atoms with Crippen LogP contribution in [0.1, 0.15) is 62.8 Å². The molecule has 0 spiro atoms. The third kappa shape index (κ3) is 4.57. The molecule has 1 aromatic rings. The molecule has 2 aliphatic carbocycles. The summed E-state index contributed by atoms with van der Waals surface area (Å²) < 4.78 is 0. The van der Waals surface area contributed by atoms with E-state index in [1.54, 1.807) is 0 Å². The zero-order valence-electron chi connectivity index (χ0n) is 14.0. The van der Waals surface area contributed by atoms with E-state index in [4.69, 9.17) is 5.73 Å². The Balaban J connectivity index is 1.37. The van der Waals surface area contributed by atoms with Crippen LogP contribution in [0.5, 0.6) is 0 Å². The van der Waals surface area contributed by atoms with Gasteiger partial charge in [0.15, 0.2) is 0 Å². The Kier molecular flexibility index (Phi) is 5.71. The van der Waals surface area contributed by atoms with Crippen LogP contribution in [-0.2, 0) is 4.79 Å². The number of rotatable bonds is 5. The monoisotopic (exact) mass is 314 g/mol. The number of benzene rings is 1. The van der Waals surface area contributed by atoms with Crippen molar-refractivity contribution in [3.05, 3.63) is 35.9 Å². The van der Waals surface area contributed by atoms with Crippen molar-refractivity contribution < 1.29 is 4.79 Å². The van der Waals surface area contributed by atoms with Crippen molar-refractivity contribution >= 4 is 5.91 Å². The third-order valence-corrected chi connectivity index (χ3v) is 5.87. The molecule has 0 heterocycles. The molecule has 2 aliphatic rings. The van der Waals surface area contributed by atoms with E-state index in [1.807, 2.05) is 0 Å². The Morgan fingerprint density at radius 2 is 1.78 bits per heavy atom. The SMILES string of the molecule is N[C@@H]1CCC[C@H]1CC(=O)NCC1CCC(c2ccccc2)CC1. The van der Waals surface area contributed by atoms with Gasteiger partial charge in [0, 0.05) is 19.0 Å². The molecule has 0 unspecified atom stereocenters. The highest BCUT2D eigenvalue weighted by Crippen LogP contribution is 2.35. The topological polar surface area (TPSA) is 55.1 Å². The van der Waals surface area contributed by atoms with Gasteiger partial charge >= 0.3 is 0 Å². The van der Waals surface area contributed by atoms with E-state index in [1.165, 1.54) is 37.7 Å². The van der Waals surface area contributed by atoms with Gasteiger partial charge in [-0.15, -0.1) is 0 Å². The van der Waals surface area contributed by atoms with E-state index < -0.39 is 0 Å². The first-order valence-electron chi connectivity index (χ1n) is 9.29. The predicted molar refractivity (Wildman–Crippen MR) is 94.1 cm³/mol. The summed E-state index contributed by atoms with van der Waals surface area (Å²) in [6.45, 7) is 0.850. The van der Waals surface area contributed by atoms with Gasteiger partial charge in [0.05, 0.1) is 0 Å². The van der Waals surface area contributed by atoms with Crippen LogP contribution in [0.4, 0.5) is 0 Å². The number of hydrogen-bond donors (Lipinski definition) is 2. The lowest BCUT2D eigenvalue weighted by Gasteiger charge is -2.29. The Morgan fingerprint density at radius 1 is 1.04 bits per heavy atom. The van der Waals surface area contributed by atoms with Crippen molar-refractivity contribution in [1.82, 2.24) is 5.32 Å². The van der Waals surface area contributed by atoms with Crippen molar-refractivity contribution in [2.45, 2.75) is 63.3 Å². The second-order valence-corrected chi connectivity index (χ2v) is 7.49. The summed E-state index contributed by atoms with van der Waals surface area (Å²) in [5.74, 6) is 1.97. The molecule has 0 radical (unpaired) electrons. The first kappa shape index (κ1) is 16.5. The molecule has 3 nitrogen and oxygen atoms in total. The van der Waals surface area contributed by atoms with Crippen LogP contribution in [-0.4, -0.2) is 18.5 Å². The Hall–Kier alpha value is -1.35. The molecule has 1 amide bonds. The second kappa shape index (κ2) is 7.96. The molecule has 0 aromatic heterocycles. The Labute approximate surface area is 140 Å². The van der Waals surface area contributed by atoms with Crippen molar-refractivity contribution in [2.24, 2.45) is 17.6 Å². The minimum atomic E-state index is 0.206. The maximum absolute atomic E-state index is 12.1. The highest BCUT2D eigenvalue weighted by molar-refractivity contribution is 5.76. The fourth-order valence-electron chi connectivity index (χ4n) is 4.31. The van der Waals surface area contributed by atoms with Crippen LogP contribution in [0.3, 0.4) is 0 Å². The van der Waals surface area contributed by atoms with E-state index >= 15 is 0 Å². The molecular formula is C20H30N2O. The van der Waals surface area contributed by atoms with Crippen LogP contribution in [0.15, 0.2) is 30.3 Å². The van der Waals surface area contributed by atoms with E-state index in [-0.39, 0.29) is 11.9 Å². The Bertz CT molecular complexity index is 494. The molecule has 23 heavy (non-hydrogen) atoms. The molecule has 3 N–H and O–H groups in total.